The van der Waals surface area contributed by atoms with Gasteiger partial charge in [-0.15, -0.1) is 0 Å². The predicted octanol–water partition coefficient (Wildman–Crippen LogP) is 0.753. The van der Waals surface area contributed by atoms with E-state index in [4.69, 9.17) is 9.84 Å². The first kappa shape index (κ1) is 12.2. The normalized spacial score (nSPS) is 32.9. The highest BCUT2D eigenvalue weighted by Gasteiger charge is 2.41. The number of nitrogens with one attached hydrogen (secondary N) is 1. The standard InChI is InChI=1S/C11H17NO5/c1-16-11(15)12-9(10(13)14)6-4-7-2-3-8(5-6)17-7/h6-9H,2-5H2,1H3,(H,12,15)(H,13,14)/t6?,7-,8+,9?. The van der Waals surface area contributed by atoms with Crippen molar-refractivity contribution < 1.29 is 24.2 Å². The second kappa shape index (κ2) is 4.91. The van der Waals surface area contributed by atoms with Crippen LogP contribution in [0, 0.1) is 5.92 Å². The third kappa shape index (κ3) is 2.69. The van der Waals surface area contributed by atoms with Gasteiger partial charge in [0.2, 0.25) is 0 Å². The van der Waals surface area contributed by atoms with Crippen LogP contribution in [-0.2, 0) is 14.3 Å². The molecule has 2 saturated heterocycles. The number of carboxylic acids is 1. The van der Waals surface area contributed by atoms with Crippen molar-refractivity contribution in [1.82, 2.24) is 5.32 Å². The van der Waals surface area contributed by atoms with E-state index in [1.165, 1.54) is 7.11 Å². The van der Waals surface area contributed by atoms with Gasteiger partial charge in [-0.2, -0.15) is 0 Å². The molecule has 0 aromatic carbocycles. The topological polar surface area (TPSA) is 84.9 Å². The van der Waals surface area contributed by atoms with Crippen LogP contribution in [-0.4, -0.2) is 42.5 Å². The SMILES string of the molecule is COC(=O)NC(C(=O)O)C1C[C@H]2CC[C@@H](C1)O2. The summed E-state index contributed by atoms with van der Waals surface area (Å²) in [5.74, 6) is -1.08. The van der Waals surface area contributed by atoms with Crippen molar-refractivity contribution in [2.45, 2.75) is 43.9 Å². The summed E-state index contributed by atoms with van der Waals surface area (Å²) in [6.45, 7) is 0. The number of hydrogen-bond donors (Lipinski definition) is 2. The van der Waals surface area contributed by atoms with Crippen LogP contribution < -0.4 is 5.32 Å². The summed E-state index contributed by atoms with van der Waals surface area (Å²) in [6.07, 6.45) is 2.98. The number of aliphatic carboxylic acids is 1. The quantitative estimate of drug-likeness (QED) is 0.764. The number of ether oxygens (including phenoxy) is 2. The van der Waals surface area contributed by atoms with Crippen molar-refractivity contribution in [2.24, 2.45) is 5.92 Å². The van der Waals surface area contributed by atoms with Crippen LogP contribution in [0.15, 0.2) is 0 Å². The van der Waals surface area contributed by atoms with E-state index in [1.54, 1.807) is 0 Å². The highest BCUT2D eigenvalue weighted by atomic mass is 16.5. The summed E-state index contributed by atoms with van der Waals surface area (Å²) in [4.78, 5) is 22.3. The van der Waals surface area contributed by atoms with Gasteiger partial charge >= 0.3 is 12.1 Å². The molecule has 96 valence electrons. The fourth-order valence-electron chi connectivity index (χ4n) is 2.74. The third-order valence-corrected chi connectivity index (χ3v) is 3.52. The molecule has 2 bridgehead atoms. The molecule has 2 aliphatic heterocycles. The number of fused-ring (bicyclic) bond motifs is 2. The monoisotopic (exact) mass is 243 g/mol. The summed E-state index contributed by atoms with van der Waals surface area (Å²) in [7, 11) is 1.22. The van der Waals surface area contributed by atoms with Gasteiger partial charge in [0.25, 0.3) is 0 Å². The molecule has 6 nitrogen and oxygen atoms in total. The smallest absolute Gasteiger partial charge is 0.407 e. The van der Waals surface area contributed by atoms with Crippen molar-refractivity contribution in [1.29, 1.82) is 0 Å². The molecule has 0 aromatic heterocycles. The Morgan fingerprint density at radius 1 is 1.35 bits per heavy atom. The Bertz CT molecular complexity index is 307. The Morgan fingerprint density at radius 3 is 2.41 bits per heavy atom. The molecule has 17 heavy (non-hydrogen) atoms. The first-order valence-corrected chi connectivity index (χ1v) is 5.83. The van der Waals surface area contributed by atoms with Gasteiger partial charge in [0.15, 0.2) is 0 Å². The number of methoxy groups -OCH3 is 1. The Hall–Kier alpha value is -1.30. The van der Waals surface area contributed by atoms with E-state index < -0.39 is 18.1 Å². The van der Waals surface area contributed by atoms with Crippen LogP contribution in [0.5, 0.6) is 0 Å². The highest BCUT2D eigenvalue weighted by molar-refractivity contribution is 5.80. The Labute approximate surface area is 99.3 Å². The first-order valence-electron chi connectivity index (χ1n) is 5.83. The number of carbonyl (C=O) groups is 2. The summed E-state index contributed by atoms with van der Waals surface area (Å²) in [6, 6.07) is -0.880. The van der Waals surface area contributed by atoms with Gasteiger partial charge in [-0.05, 0) is 31.6 Å². The van der Waals surface area contributed by atoms with E-state index in [0.29, 0.717) is 12.8 Å². The molecule has 0 radical (unpaired) electrons. The molecule has 2 unspecified atom stereocenters. The van der Waals surface area contributed by atoms with Crippen molar-refractivity contribution >= 4 is 12.1 Å². The van der Waals surface area contributed by atoms with Crippen LogP contribution in [0.1, 0.15) is 25.7 Å². The lowest BCUT2D eigenvalue weighted by Gasteiger charge is -2.32. The van der Waals surface area contributed by atoms with E-state index in [9.17, 15) is 9.59 Å². The molecule has 4 atom stereocenters. The zero-order valence-electron chi connectivity index (χ0n) is 9.72. The van der Waals surface area contributed by atoms with Crippen molar-refractivity contribution in [3.05, 3.63) is 0 Å². The lowest BCUT2D eigenvalue weighted by atomic mass is 9.88. The van der Waals surface area contributed by atoms with Gasteiger partial charge in [-0.3, -0.25) is 0 Å². The molecule has 0 aliphatic carbocycles. The molecule has 0 spiro atoms. The van der Waals surface area contributed by atoms with Crippen molar-refractivity contribution in [3.8, 4) is 0 Å². The van der Waals surface area contributed by atoms with Gasteiger partial charge in [0.05, 0.1) is 19.3 Å². The first-order chi connectivity index (χ1) is 8.10. The van der Waals surface area contributed by atoms with E-state index in [-0.39, 0.29) is 18.1 Å². The molecule has 2 rings (SSSR count). The molecule has 0 saturated carbocycles. The fraction of sp³-hybridized carbons (Fsp3) is 0.818. The average molecular weight is 243 g/mol. The second-order valence-electron chi connectivity index (χ2n) is 4.64. The maximum atomic E-state index is 11.2. The van der Waals surface area contributed by atoms with Gasteiger partial charge in [-0.1, -0.05) is 0 Å². The molecule has 6 heteroatoms. The molecule has 1 amide bonds. The van der Waals surface area contributed by atoms with Gasteiger partial charge in [0.1, 0.15) is 6.04 Å². The van der Waals surface area contributed by atoms with Gasteiger partial charge in [0, 0.05) is 0 Å². The maximum Gasteiger partial charge on any atom is 0.407 e. The predicted molar refractivity (Wildman–Crippen MR) is 57.6 cm³/mol. The Balaban J connectivity index is 2.01. The second-order valence-corrected chi connectivity index (χ2v) is 4.64. The summed E-state index contributed by atoms with van der Waals surface area (Å²) in [5, 5.41) is 11.5. The molecule has 0 aromatic rings. The van der Waals surface area contributed by atoms with Gasteiger partial charge < -0.3 is 19.9 Å². The number of hydrogen-bond acceptors (Lipinski definition) is 4. The Kier molecular flexibility index (Phi) is 3.51. The van der Waals surface area contributed by atoms with E-state index in [2.05, 4.69) is 10.1 Å². The molecular formula is C11H17NO5. The zero-order valence-corrected chi connectivity index (χ0v) is 9.72. The van der Waals surface area contributed by atoms with Crippen LogP contribution in [0.4, 0.5) is 4.79 Å². The van der Waals surface area contributed by atoms with E-state index in [1.807, 2.05) is 0 Å². The minimum Gasteiger partial charge on any atom is -0.480 e. The molecule has 2 heterocycles. The third-order valence-electron chi connectivity index (χ3n) is 3.52. The molecule has 2 aliphatic rings. The van der Waals surface area contributed by atoms with E-state index in [0.717, 1.165) is 12.8 Å². The lowest BCUT2D eigenvalue weighted by Crippen LogP contribution is -2.48. The van der Waals surface area contributed by atoms with E-state index >= 15 is 0 Å². The minimum absolute atomic E-state index is 0.0714. The molecule has 2 N–H and O–H groups in total. The van der Waals surface area contributed by atoms with Crippen molar-refractivity contribution in [3.63, 3.8) is 0 Å². The highest BCUT2D eigenvalue weighted by Crippen LogP contribution is 2.37. The summed E-state index contributed by atoms with van der Waals surface area (Å²) < 4.78 is 10.1. The summed E-state index contributed by atoms with van der Waals surface area (Å²) >= 11 is 0. The fourth-order valence-corrected chi connectivity index (χ4v) is 2.74. The largest absolute Gasteiger partial charge is 0.480 e. The van der Waals surface area contributed by atoms with Crippen LogP contribution in [0.25, 0.3) is 0 Å². The Morgan fingerprint density at radius 2 is 1.94 bits per heavy atom. The van der Waals surface area contributed by atoms with Crippen LogP contribution in [0.3, 0.4) is 0 Å². The van der Waals surface area contributed by atoms with Crippen LogP contribution in [0.2, 0.25) is 0 Å². The number of alkyl carbamates (subject to hydrolysis) is 1. The van der Waals surface area contributed by atoms with Gasteiger partial charge in [-0.25, -0.2) is 9.59 Å². The average Bonchev–Trinajstić information content (AvgIpc) is 2.64. The van der Waals surface area contributed by atoms with Crippen molar-refractivity contribution in [2.75, 3.05) is 7.11 Å². The summed E-state index contributed by atoms with van der Waals surface area (Å²) in [5.41, 5.74) is 0. The lowest BCUT2D eigenvalue weighted by molar-refractivity contribution is -0.142. The zero-order chi connectivity index (χ0) is 12.4. The number of rotatable bonds is 3. The number of amides is 1. The molecular weight excluding hydrogens is 226 g/mol. The molecule has 2 fully saturated rings. The maximum absolute atomic E-state index is 11.2. The van der Waals surface area contributed by atoms with Crippen LogP contribution >= 0.6 is 0 Å². The minimum atomic E-state index is -1.01. The number of carbonyl (C=O) groups excluding carboxylic acids is 1. The number of carboxylic acid groups (broad SMARTS) is 1.